The molecule has 0 aliphatic heterocycles. The summed E-state index contributed by atoms with van der Waals surface area (Å²) in [5, 5.41) is 9.05. The molecule has 0 saturated carbocycles. The Balaban J connectivity index is 3.42. The van der Waals surface area contributed by atoms with E-state index >= 15 is 0 Å². The summed E-state index contributed by atoms with van der Waals surface area (Å²) < 4.78 is 43.2. The van der Waals surface area contributed by atoms with Gasteiger partial charge in [0.05, 0.1) is 17.7 Å². The number of aliphatic hydroxyl groups is 1. The van der Waals surface area contributed by atoms with Gasteiger partial charge in [0.2, 0.25) is 0 Å². The average Bonchev–Trinajstić information content (AvgIpc) is 2.26. The van der Waals surface area contributed by atoms with Crippen molar-refractivity contribution in [3.8, 4) is 5.75 Å². The van der Waals surface area contributed by atoms with Crippen LogP contribution < -0.4 is 4.74 Å². The maximum Gasteiger partial charge on any atom is 0.416 e. The second-order valence-corrected chi connectivity index (χ2v) is 4.06. The lowest BCUT2D eigenvalue weighted by atomic mass is 9.95. The minimum absolute atomic E-state index is 0.0344. The highest BCUT2D eigenvalue weighted by Gasteiger charge is 2.35. The number of aliphatic hydroxyl groups excluding tert-OH is 1. The molecule has 1 N–H and O–H groups in total. The Labute approximate surface area is 102 Å². The molecule has 0 aromatic heterocycles. The van der Waals surface area contributed by atoms with E-state index in [4.69, 9.17) is 21.4 Å². The molecule has 0 spiro atoms. The number of hydrogen-bond acceptors (Lipinski definition) is 2. The summed E-state index contributed by atoms with van der Waals surface area (Å²) in [6.07, 6.45) is -4.50. The molecule has 6 heteroatoms. The molecule has 1 rings (SSSR count). The quantitative estimate of drug-likeness (QED) is 0.910. The van der Waals surface area contributed by atoms with Crippen LogP contribution >= 0.6 is 11.6 Å². The SMILES string of the molecule is COc1cc(C(F)(F)F)c(C(C)CO)cc1Cl. The fourth-order valence-electron chi connectivity index (χ4n) is 1.48. The smallest absolute Gasteiger partial charge is 0.416 e. The molecule has 96 valence electrons. The summed E-state index contributed by atoms with van der Waals surface area (Å²) in [6, 6.07) is 2.04. The number of rotatable bonds is 3. The minimum Gasteiger partial charge on any atom is -0.495 e. The first-order chi connectivity index (χ1) is 7.81. The number of hydrogen-bond donors (Lipinski definition) is 1. The lowest BCUT2D eigenvalue weighted by Crippen LogP contribution is -2.13. The van der Waals surface area contributed by atoms with Crippen molar-refractivity contribution in [3.05, 3.63) is 28.3 Å². The third kappa shape index (κ3) is 3.04. The van der Waals surface area contributed by atoms with E-state index in [9.17, 15) is 13.2 Å². The van der Waals surface area contributed by atoms with Gasteiger partial charge in [0, 0.05) is 12.5 Å². The molecule has 0 amide bonds. The van der Waals surface area contributed by atoms with E-state index in [0.29, 0.717) is 0 Å². The molecule has 1 aromatic carbocycles. The summed E-state index contributed by atoms with van der Waals surface area (Å²) in [7, 11) is 1.25. The summed E-state index contributed by atoms with van der Waals surface area (Å²) in [5.74, 6) is -0.678. The summed E-state index contributed by atoms with van der Waals surface area (Å²) in [5.41, 5.74) is -0.869. The van der Waals surface area contributed by atoms with Crippen LogP contribution in [0.1, 0.15) is 24.0 Å². The Morgan fingerprint density at radius 1 is 1.41 bits per heavy atom. The van der Waals surface area contributed by atoms with E-state index < -0.39 is 17.7 Å². The number of ether oxygens (including phenoxy) is 1. The molecule has 0 fully saturated rings. The van der Waals surface area contributed by atoms with E-state index in [0.717, 1.165) is 6.07 Å². The highest BCUT2D eigenvalue weighted by molar-refractivity contribution is 6.32. The maximum atomic E-state index is 12.8. The standard InChI is InChI=1S/C11H12ClF3O2/c1-6(5-16)7-3-9(12)10(17-2)4-8(7)11(13,14)15/h3-4,6,16H,5H2,1-2H3. The van der Waals surface area contributed by atoms with Gasteiger partial charge in [-0.05, 0) is 17.7 Å². The Bertz CT molecular complexity index is 404. The first-order valence-electron chi connectivity index (χ1n) is 4.86. The molecule has 0 bridgehead atoms. The van der Waals surface area contributed by atoms with Crippen molar-refractivity contribution in [3.63, 3.8) is 0 Å². The van der Waals surface area contributed by atoms with Crippen LogP contribution in [-0.4, -0.2) is 18.8 Å². The lowest BCUT2D eigenvalue weighted by Gasteiger charge is -2.18. The van der Waals surface area contributed by atoms with Crippen molar-refractivity contribution in [1.29, 1.82) is 0 Å². The zero-order valence-electron chi connectivity index (χ0n) is 9.31. The van der Waals surface area contributed by atoms with Crippen molar-refractivity contribution in [2.45, 2.75) is 19.0 Å². The van der Waals surface area contributed by atoms with Crippen LogP contribution in [0, 0.1) is 0 Å². The van der Waals surface area contributed by atoms with E-state index in [-0.39, 0.29) is 22.9 Å². The highest BCUT2D eigenvalue weighted by atomic mass is 35.5. The van der Waals surface area contributed by atoms with Crippen LogP contribution in [-0.2, 0) is 6.18 Å². The van der Waals surface area contributed by atoms with E-state index in [1.54, 1.807) is 0 Å². The van der Waals surface area contributed by atoms with Gasteiger partial charge in [-0.15, -0.1) is 0 Å². The molecule has 0 radical (unpaired) electrons. The van der Waals surface area contributed by atoms with Crippen LogP contribution in [0.25, 0.3) is 0 Å². The van der Waals surface area contributed by atoms with E-state index in [1.807, 2.05) is 0 Å². The summed E-state index contributed by atoms with van der Waals surface area (Å²) in [4.78, 5) is 0. The monoisotopic (exact) mass is 268 g/mol. The third-order valence-corrected chi connectivity index (χ3v) is 2.73. The van der Waals surface area contributed by atoms with Crippen molar-refractivity contribution in [1.82, 2.24) is 0 Å². The highest BCUT2D eigenvalue weighted by Crippen LogP contribution is 2.40. The average molecular weight is 269 g/mol. The first-order valence-corrected chi connectivity index (χ1v) is 5.24. The normalized spacial score (nSPS) is 13.6. The topological polar surface area (TPSA) is 29.5 Å². The lowest BCUT2D eigenvalue weighted by molar-refractivity contribution is -0.138. The molecule has 1 aromatic rings. The molecule has 2 nitrogen and oxygen atoms in total. The van der Waals surface area contributed by atoms with Gasteiger partial charge in [0.1, 0.15) is 5.75 Å². The second kappa shape index (κ2) is 5.14. The van der Waals surface area contributed by atoms with Crippen LogP contribution in [0.4, 0.5) is 13.2 Å². The van der Waals surface area contributed by atoms with E-state index in [1.165, 1.54) is 20.1 Å². The fraction of sp³-hybridized carbons (Fsp3) is 0.455. The van der Waals surface area contributed by atoms with Gasteiger partial charge < -0.3 is 9.84 Å². The summed E-state index contributed by atoms with van der Waals surface area (Å²) in [6.45, 7) is 1.11. The molecule has 1 unspecified atom stereocenters. The molecule has 0 heterocycles. The van der Waals surface area contributed by atoms with Gasteiger partial charge in [-0.3, -0.25) is 0 Å². The van der Waals surface area contributed by atoms with Gasteiger partial charge in [-0.2, -0.15) is 13.2 Å². The zero-order chi connectivity index (χ0) is 13.2. The Morgan fingerprint density at radius 2 is 2.00 bits per heavy atom. The van der Waals surface area contributed by atoms with Gasteiger partial charge in [-0.1, -0.05) is 18.5 Å². The Hall–Kier alpha value is -0.940. The molecule has 0 saturated heterocycles. The molecular weight excluding hydrogens is 257 g/mol. The Kier molecular flexibility index (Phi) is 4.27. The van der Waals surface area contributed by atoms with Crippen molar-refractivity contribution >= 4 is 11.6 Å². The number of alkyl halides is 3. The predicted molar refractivity (Wildman–Crippen MR) is 58.5 cm³/mol. The Morgan fingerprint density at radius 3 is 2.41 bits per heavy atom. The van der Waals surface area contributed by atoms with Crippen molar-refractivity contribution in [2.75, 3.05) is 13.7 Å². The number of benzene rings is 1. The molecule has 0 aliphatic carbocycles. The van der Waals surface area contributed by atoms with Crippen LogP contribution in [0.2, 0.25) is 5.02 Å². The molecule has 17 heavy (non-hydrogen) atoms. The molecular formula is C11H12ClF3O2. The van der Waals surface area contributed by atoms with Crippen LogP contribution in [0.3, 0.4) is 0 Å². The van der Waals surface area contributed by atoms with Gasteiger partial charge in [0.15, 0.2) is 0 Å². The second-order valence-electron chi connectivity index (χ2n) is 3.66. The number of halogens is 4. The van der Waals surface area contributed by atoms with Gasteiger partial charge in [-0.25, -0.2) is 0 Å². The predicted octanol–water partition coefficient (Wildman–Crippen LogP) is 3.46. The minimum atomic E-state index is -4.50. The molecule has 1 atom stereocenters. The third-order valence-electron chi connectivity index (χ3n) is 2.43. The first kappa shape index (κ1) is 14.1. The van der Waals surface area contributed by atoms with Gasteiger partial charge >= 0.3 is 6.18 Å². The zero-order valence-corrected chi connectivity index (χ0v) is 10.1. The van der Waals surface area contributed by atoms with Gasteiger partial charge in [0.25, 0.3) is 0 Å². The van der Waals surface area contributed by atoms with Crippen LogP contribution in [0.15, 0.2) is 12.1 Å². The van der Waals surface area contributed by atoms with E-state index in [2.05, 4.69) is 0 Å². The summed E-state index contributed by atoms with van der Waals surface area (Å²) >= 11 is 5.78. The van der Waals surface area contributed by atoms with Crippen molar-refractivity contribution in [2.24, 2.45) is 0 Å². The van der Waals surface area contributed by atoms with Crippen molar-refractivity contribution < 1.29 is 23.0 Å². The largest absolute Gasteiger partial charge is 0.495 e. The number of methoxy groups -OCH3 is 1. The maximum absolute atomic E-state index is 12.8. The van der Waals surface area contributed by atoms with Crippen LogP contribution in [0.5, 0.6) is 5.75 Å². The fourth-order valence-corrected chi connectivity index (χ4v) is 1.73. The molecule has 0 aliphatic rings.